The van der Waals surface area contributed by atoms with Crippen molar-refractivity contribution in [3.63, 3.8) is 0 Å². The van der Waals surface area contributed by atoms with Gasteiger partial charge in [-0.1, -0.05) is 18.6 Å². The van der Waals surface area contributed by atoms with Crippen LogP contribution in [0, 0.1) is 6.92 Å². The number of aliphatic imine (C=N–C) groups is 1. The lowest BCUT2D eigenvalue weighted by atomic mass is 10.1. The largest absolute Gasteiger partial charge is 0.493 e. The molecule has 2 aromatic carbocycles. The molecule has 1 saturated heterocycles. The molecule has 1 fully saturated rings. The molecule has 0 amide bonds. The molecule has 6 nitrogen and oxygen atoms in total. The van der Waals surface area contributed by atoms with Crippen molar-refractivity contribution in [2.24, 2.45) is 4.99 Å². The second-order valence-electron chi connectivity index (χ2n) is 8.02. The fourth-order valence-electron chi connectivity index (χ4n) is 3.89. The summed E-state index contributed by atoms with van der Waals surface area (Å²) in [5.41, 5.74) is 3.38. The van der Waals surface area contributed by atoms with Crippen LogP contribution in [0.1, 0.15) is 53.2 Å². The lowest BCUT2D eigenvalue weighted by Crippen LogP contribution is -2.31. The number of methoxy groups -OCH3 is 1. The fourth-order valence-corrected chi connectivity index (χ4v) is 3.89. The molecule has 0 bridgehead atoms. The highest BCUT2D eigenvalue weighted by Crippen LogP contribution is 2.32. The fraction of sp³-hybridized carbons (Fsp3) is 0.462. The van der Waals surface area contributed by atoms with Crippen molar-refractivity contribution < 1.29 is 19.0 Å². The van der Waals surface area contributed by atoms with Crippen molar-refractivity contribution in [1.29, 1.82) is 0 Å². The maximum absolute atomic E-state index is 12.0. The Morgan fingerprint density at radius 3 is 2.72 bits per heavy atom. The number of nitrogens with zero attached hydrogens (tertiary/aromatic N) is 2. The van der Waals surface area contributed by atoms with Crippen LogP contribution < -0.4 is 9.47 Å². The average molecular weight is 439 g/mol. The summed E-state index contributed by atoms with van der Waals surface area (Å²) in [6.07, 6.45) is 5.86. The highest BCUT2D eigenvalue weighted by molar-refractivity contribution is 5.89. The summed E-state index contributed by atoms with van der Waals surface area (Å²) in [7, 11) is 1.64. The van der Waals surface area contributed by atoms with E-state index in [2.05, 4.69) is 16.0 Å². The van der Waals surface area contributed by atoms with Gasteiger partial charge in [-0.25, -0.2) is 4.79 Å². The van der Waals surface area contributed by atoms with Crippen LogP contribution in [-0.2, 0) is 11.3 Å². The van der Waals surface area contributed by atoms with Crippen LogP contribution in [0.2, 0.25) is 0 Å². The molecule has 0 radical (unpaired) electrons. The maximum atomic E-state index is 12.0. The van der Waals surface area contributed by atoms with E-state index >= 15 is 0 Å². The molecule has 0 saturated carbocycles. The van der Waals surface area contributed by atoms with Gasteiger partial charge in [0.2, 0.25) is 0 Å². The molecule has 0 aliphatic carbocycles. The van der Waals surface area contributed by atoms with Crippen LogP contribution in [0.25, 0.3) is 0 Å². The molecule has 0 spiro atoms. The summed E-state index contributed by atoms with van der Waals surface area (Å²) >= 11 is 0. The first-order valence-electron chi connectivity index (χ1n) is 11.4. The van der Waals surface area contributed by atoms with Gasteiger partial charge in [0.05, 0.1) is 25.8 Å². The molecule has 1 heterocycles. The minimum Gasteiger partial charge on any atom is -0.493 e. The van der Waals surface area contributed by atoms with Crippen LogP contribution >= 0.6 is 0 Å². The van der Waals surface area contributed by atoms with Crippen LogP contribution in [0.5, 0.6) is 11.5 Å². The number of hydrogen-bond donors (Lipinski definition) is 0. The minimum absolute atomic E-state index is 0.327. The van der Waals surface area contributed by atoms with E-state index in [1.807, 2.05) is 31.3 Å². The highest BCUT2D eigenvalue weighted by Gasteiger charge is 2.12. The number of esters is 1. The number of rotatable bonds is 10. The monoisotopic (exact) mass is 438 g/mol. The molecular weight excluding hydrogens is 404 g/mol. The van der Waals surface area contributed by atoms with Crippen LogP contribution in [0.4, 0.5) is 0 Å². The maximum Gasteiger partial charge on any atom is 0.338 e. The molecule has 32 heavy (non-hydrogen) atoms. The Kier molecular flexibility index (Phi) is 9.11. The Hall–Kier alpha value is -2.86. The lowest BCUT2D eigenvalue weighted by Gasteiger charge is -2.25. The summed E-state index contributed by atoms with van der Waals surface area (Å²) in [4.78, 5) is 19.1. The van der Waals surface area contributed by atoms with E-state index in [-0.39, 0.29) is 5.97 Å². The summed E-state index contributed by atoms with van der Waals surface area (Å²) < 4.78 is 16.7. The molecule has 0 unspecified atom stereocenters. The molecule has 1 aliphatic heterocycles. The second kappa shape index (κ2) is 12.2. The van der Waals surface area contributed by atoms with Crippen molar-refractivity contribution >= 4 is 12.2 Å². The van der Waals surface area contributed by atoms with Gasteiger partial charge in [-0.05, 0) is 80.7 Å². The molecule has 6 heteroatoms. The quantitative estimate of drug-likeness (QED) is 0.399. The number of carbonyl (C=O) groups is 1. The third-order valence-electron chi connectivity index (χ3n) is 5.54. The number of ether oxygens (including phenoxy) is 3. The van der Waals surface area contributed by atoms with Gasteiger partial charge in [-0.3, -0.25) is 4.99 Å². The van der Waals surface area contributed by atoms with Crippen molar-refractivity contribution in [1.82, 2.24) is 4.90 Å². The Bertz CT molecular complexity index is 920. The van der Waals surface area contributed by atoms with Crippen molar-refractivity contribution in [2.45, 2.75) is 39.7 Å². The Labute approximate surface area is 191 Å². The summed E-state index contributed by atoms with van der Waals surface area (Å²) in [6.45, 7) is 8.67. The van der Waals surface area contributed by atoms with E-state index in [1.165, 1.54) is 32.4 Å². The van der Waals surface area contributed by atoms with Gasteiger partial charge < -0.3 is 19.1 Å². The lowest BCUT2D eigenvalue weighted by molar-refractivity contribution is 0.0526. The first kappa shape index (κ1) is 23.8. The summed E-state index contributed by atoms with van der Waals surface area (Å²) in [6, 6.07) is 11.3. The number of piperidine rings is 1. The van der Waals surface area contributed by atoms with E-state index in [0.717, 1.165) is 29.8 Å². The topological polar surface area (TPSA) is 60.4 Å². The number of benzene rings is 2. The zero-order chi connectivity index (χ0) is 22.8. The molecule has 1 aliphatic rings. The van der Waals surface area contributed by atoms with Crippen LogP contribution in [-0.4, -0.2) is 57.0 Å². The molecule has 0 atom stereocenters. The Morgan fingerprint density at radius 2 is 1.97 bits per heavy atom. The number of carbonyl (C=O) groups excluding carboxylic acids is 1. The Balaban J connectivity index is 1.61. The third kappa shape index (κ3) is 6.82. The Morgan fingerprint density at radius 1 is 1.16 bits per heavy atom. The van der Waals surface area contributed by atoms with Gasteiger partial charge in [0, 0.05) is 12.8 Å². The highest BCUT2D eigenvalue weighted by atomic mass is 16.5. The predicted octanol–water partition coefficient (Wildman–Crippen LogP) is 4.66. The zero-order valence-corrected chi connectivity index (χ0v) is 19.4. The van der Waals surface area contributed by atoms with Gasteiger partial charge in [-0.2, -0.15) is 0 Å². The van der Waals surface area contributed by atoms with Gasteiger partial charge >= 0.3 is 5.97 Å². The summed E-state index contributed by atoms with van der Waals surface area (Å²) in [5, 5.41) is 0. The molecule has 172 valence electrons. The van der Waals surface area contributed by atoms with Crippen molar-refractivity contribution in [3.8, 4) is 11.5 Å². The third-order valence-corrected chi connectivity index (χ3v) is 5.54. The van der Waals surface area contributed by atoms with Gasteiger partial charge in [0.25, 0.3) is 0 Å². The van der Waals surface area contributed by atoms with E-state index in [4.69, 9.17) is 14.2 Å². The van der Waals surface area contributed by atoms with Gasteiger partial charge in [-0.15, -0.1) is 0 Å². The minimum atomic E-state index is -0.327. The predicted molar refractivity (Wildman–Crippen MR) is 127 cm³/mol. The standard InChI is InChI=1S/C26H34N2O4/c1-4-31-26(29)23-10-8-9-21(16-23)19-32-25-20(2)15-22(17-24(25)30-3)18-27-11-14-28-12-6-5-7-13-28/h8-10,15-18H,4-7,11-14,19H2,1-3H3/b27-18+. The molecule has 3 rings (SSSR count). The number of hydrogen-bond acceptors (Lipinski definition) is 6. The second-order valence-corrected chi connectivity index (χ2v) is 8.02. The smallest absolute Gasteiger partial charge is 0.338 e. The van der Waals surface area contributed by atoms with Crippen molar-refractivity contribution in [3.05, 3.63) is 58.7 Å². The first-order chi connectivity index (χ1) is 15.6. The number of aryl methyl sites for hydroxylation is 1. The molecule has 2 aromatic rings. The molecule has 0 aromatic heterocycles. The SMILES string of the molecule is CCOC(=O)c1cccc(COc2c(C)cc(/C=N/CCN3CCCCC3)cc2OC)c1. The van der Waals surface area contributed by atoms with Crippen LogP contribution in [0.15, 0.2) is 41.4 Å². The van der Waals surface area contributed by atoms with Gasteiger partial charge in [0.15, 0.2) is 11.5 Å². The number of likely N-dealkylation sites (tertiary alicyclic amines) is 1. The van der Waals surface area contributed by atoms with E-state index in [1.54, 1.807) is 26.2 Å². The average Bonchev–Trinajstić information content (AvgIpc) is 2.82. The van der Waals surface area contributed by atoms with E-state index < -0.39 is 0 Å². The molecule has 0 N–H and O–H groups in total. The first-order valence-corrected chi connectivity index (χ1v) is 11.4. The van der Waals surface area contributed by atoms with E-state index in [0.29, 0.717) is 30.3 Å². The zero-order valence-electron chi connectivity index (χ0n) is 19.4. The normalized spacial score (nSPS) is 14.5. The summed E-state index contributed by atoms with van der Waals surface area (Å²) in [5.74, 6) is 1.04. The van der Waals surface area contributed by atoms with Crippen LogP contribution in [0.3, 0.4) is 0 Å². The van der Waals surface area contributed by atoms with E-state index in [9.17, 15) is 4.79 Å². The molecular formula is C26H34N2O4. The van der Waals surface area contributed by atoms with Gasteiger partial charge in [0.1, 0.15) is 6.61 Å². The van der Waals surface area contributed by atoms with Crippen molar-refractivity contribution in [2.75, 3.05) is 39.9 Å².